The SMILES string of the molecule is C[C@H](O)C1C=C(Br)C(=O)O1. The van der Waals surface area contributed by atoms with Crippen molar-refractivity contribution in [3.05, 3.63) is 10.6 Å². The second kappa shape index (κ2) is 2.72. The van der Waals surface area contributed by atoms with Gasteiger partial charge in [-0.15, -0.1) is 0 Å². The molecular formula is C6H7BrO3. The molecule has 10 heavy (non-hydrogen) atoms. The van der Waals surface area contributed by atoms with Crippen LogP contribution < -0.4 is 0 Å². The monoisotopic (exact) mass is 206 g/mol. The van der Waals surface area contributed by atoms with Gasteiger partial charge in [0.15, 0.2) is 0 Å². The van der Waals surface area contributed by atoms with Crippen molar-refractivity contribution in [2.24, 2.45) is 0 Å². The molecule has 0 aromatic carbocycles. The number of aliphatic hydroxyl groups excluding tert-OH is 1. The summed E-state index contributed by atoms with van der Waals surface area (Å²) in [5.41, 5.74) is 0. The largest absolute Gasteiger partial charge is 0.451 e. The van der Waals surface area contributed by atoms with Crippen molar-refractivity contribution < 1.29 is 14.6 Å². The molecule has 4 heteroatoms. The van der Waals surface area contributed by atoms with Crippen molar-refractivity contribution in [3.63, 3.8) is 0 Å². The van der Waals surface area contributed by atoms with Crippen LogP contribution in [0.4, 0.5) is 0 Å². The summed E-state index contributed by atoms with van der Waals surface area (Å²) in [5, 5.41) is 8.95. The van der Waals surface area contributed by atoms with E-state index in [1.165, 1.54) is 0 Å². The Bertz CT molecular complexity index is 185. The fourth-order valence-electron chi connectivity index (χ4n) is 0.664. The predicted molar refractivity (Wildman–Crippen MR) is 38.6 cm³/mol. The van der Waals surface area contributed by atoms with Gasteiger partial charge in [-0.2, -0.15) is 0 Å². The second-order valence-electron chi connectivity index (χ2n) is 2.13. The zero-order chi connectivity index (χ0) is 7.72. The number of carbonyl (C=O) groups is 1. The molecule has 1 heterocycles. The maximum absolute atomic E-state index is 10.6. The average molecular weight is 207 g/mol. The first kappa shape index (κ1) is 7.75. The summed E-state index contributed by atoms with van der Waals surface area (Å²) in [7, 11) is 0. The Hall–Kier alpha value is -0.350. The molecule has 2 atom stereocenters. The molecule has 0 aromatic rings. The van der Waals surface area contributed by atoms with Crippen molar-refractivity contribution in [1.82, 2.24) is 0 Å². The van der Waals surface area contributed by atoms with E-state index in [9.17, 15) is 4.79 Å². The highest BCUT2D eigenvalue weighted by Gasteiger charge is 2.26. The van der Waals surface area contributed by atoms with Crippen molar-refractivity contribution in [2.45, 2.75) is 19.1 Å². The first-order chi connectivity index (χ1) is 4.61. The molecule has 0 fully saturated rings. The van der Waals surface area contributed by atoms with Gasteiger partial charge in [-0.05, 0) is 28.9 Å². The molecule has 3 nitrogen and oxygen atoms in total. The minimum Gasteiger partial charge on any atom is -0.451 e. The van der Waals surface area contributed by atoms with E-state index >= 15 is 0 Å². The van der Waals surface area contributed by atoms with E-state index in [1.807, 2.05) is 0 Å². The van der Waals surface area contributed by atoms with Gasteiger partial charge in [0, 0.05) is 0 Å². The standard InChI is InChI=1S/C6H7BrO3/c1-3(8)5-2-4(7)6(9)10-5/h2-3,5,8H,1H3/t3-,5?/m0/s1. The van der Waals surface area contributed by atoms with Gasteiger partial charge in [0.2, 0.25) is 0 Å². The van der Waals surface area contributed by atoms with Gasteiger partial charge in [0.25, 0.3) is 0 Å². The summed E-state index contributed by atoms with van der Waals surface area (Å²) in [6.07, 6.45) is 0.424. The molecular weight excluding hydrogens is 200 g/mol. The Morgan fingerprint density at radius 2 is 2.50 bits per heavy atom. The molecule has 0 radical (unpaired) electrons. The van der Waals surface area contributed by atoms with Crippen molar-refractivity contribution in [2.75, 3.05) is 0 Å². The Morgan fingerprint density at radius 3 is 2.70 bits per heavy atom. The lowest BCUT2D eigenvalue weighted by atomic mass is 10.2. The molecule has 1 aliphatic rings. The average Bonchev–Trinajstić information content (AvgIpc) is 2.13. The molecule has 56 valence electrons. The van der Waals surface area contributed by atoms with Crippen LogP contribution in [0.25, 0.3) is 0 Å². The van der Waals surface area contributed by atoms with Gasteiger partial charge in [0.1, 0.15) is 10.6 Å². The Balaban J connectivity index is 2.65. The Labute approximate surface area is 66.8 Å². The highest BCUT2D eigenvalue weighted by atomic mass is 79.9. The summed E-state index contributed by atoms with van der Waals surface area (Å²) in [6, 6.07) is 0. The molecule has 0 amide bonds. The van der Waals surface area contributed by atoms with Crippen LogP contribution in [0.15, 0.2) is 10.6 Å². The number of halogens is 1. The lowest BCUT2D eigenvalue weighted by Crippen LogP contribution is -2.21. The first-order valence-electron chi connectivity index (χ1n) is 2.87. The van der Waals surface area contributed by atoms with E-state index in [0.29, 0.717) is 4.48 Å². The molecule has 0 aliphatic carbocycles. The Kier molecular flexibility index (Phi) is 2.11. The van der Waals surface area contributed by atoms with Crippen LogP contribution in [0.3, 0.4) is 0 Å². The third-order valence-corrected chi connectivity index (χ3v) is 1.81. The molecule has 0 bridgehead atoms. The summed E-state index contributed by atoms with van der Waals surface area (Å²) >= 11 is 2.99. The molecule has 0 saturated heterocycles. The molecule has 1 aliphatic heterocycles. The maximum Gasteiger partial charge on any atom is 0.345 e. The highest BCUT2D eigenvalue weighted by Crippen LogP contribution is 2.20. The smallest absolute Gasteiger partial charge is 0.345 e. The van der Waals surface area contributed by atoms with Crippen LogP contribution in [0.2, 0.25) is 0 Å². The maximum atomic E-state index is 10.6. The summed E-state index contributed by atoms with van der Waals surface area (Å²) in [6.45, 7) is 1.57. The van der Waals surface area contributed by atoms with Gasteiger partial charge in [-0.25, -0.2) is 4.79 Å². The van der Waals surface area contributed by atoms with Crippen LogP contribution in [0.5, 0.6) is 0 Å². The minimum absolute atomic E-state index is 0.387. The first-order valence-corrected chi connectivity index (χ1v) is 3.67. The molecule has 1 unspecified atom stereocenters. The highest BCUT2D eigenvalue weighted by molar-refractivity contribution is 9.12. The van der Waals surface area contributed by atoms with Crippen molar-refractivity contribution in [3.8, 4) is 0 Å². The van der Waals surface area contributed by atoms with Gasteiger partial charge < -0.3 is 9.84 Å². The van der Waals surface area contributed by atoms with Crippen molar-refractivity contribution >= 4 is 21.9 Å². The van der Waals surface area contributed by atoms with E-state index in [2.05, 4.69) is 15.9 Å². The van der Waals surface area contributed by atoms with Crippen LogP contribution in [0, 0.1) is 0 Å². The molecule has 0 aromatic heterocycles. The summed E-state index contributed by atoms with van der Waals surface area (Å²) in [4.78, 5) is 10.6. The fraction of sp³-hybridized carbons (Fsp3) is 0.500. The second-order valence-corrected chi connectivity index (χ2v) is 2.98. The van der Waals surface area contributed by atoms with Crippen LogP contribution >= 0.6 is 15.9 Å². The van der Waals surface area contributed by atoms with Gasteiger partial charge in [0.05, 0.1) is 6.10 Å². The number of hydrogen-bond donors (Lipinski definition) is 1. The number of cyclic esters (lactones) is 1. The lowest BCUT2D eigenvalue weighted by Gasteiger charge is -2.09. The van der Waals surface area contributed by atoms with Crippen LogP contribution in [-0.4, -0.2) is 23.3 Å². The van der Waals surface area contributed by atoms with Gasteiger partial charge in [-0.1, -0.05) is 0 Å². The molecule has 0 spiro atoms. The third kappa shape index (κ3) is 1.38. The zero-order valence-electron chi connectivity index (χ0n) is 5.37. The van der Waals surface area contributed by atoms with Gasteiger partial charge >= 0.3 is 5.97 Å². The fourth-order valence-corrected chi connectivity index (χ4v) is 1.02. The number of rotatable bonds is 1. The summed E-state index contributed by atoms with van der Waals surface area (Å²) in [5.74, 6) is -0.411. The number of hydrogen-bond acceptors (Lipinski definition) is 3. The predicted octanol–water partition coefficient (Wildman–Crippen LogP) is 0.571. The van der Waals surface area contributed by atoms with Crippen LogP contribution in [0.1, 0.15) is 6.92 Å². The van der Waals surface area contributed by atoms with E-state index in [0.717, 1.165) is 0 Å². The normalized spacial score (nSPS) is 27.7. The van der Waals surface area contributed by atoms with E-state index in [1.54, 1.807) is 13.0 Å². The van der Waals surface area contributed by atoms with E-state index in [-0.39, 0.29) is 0 Å². The van der Waals surface area contributed by atoms with Gasteiger partial charge in [-0.3, -0.25) is 0 Å². The van der Waals surface area contributed by atoms with E-state index < -0.39 is 18.2 Å². The quantitative estimate of drug-likeness (QED) is 0.639. The lowest BCUT2D eigenvalue weighted by molar-refractivity contribution is -0.142. The number of carbonyl (C=O) groups excluding carboxylic acids is 1. The van der Waals surface area contributed by atoms with E-state index in [4.69, 9.17) is 9.84 Å². The van der Waals surface area contributed by atoms with Crippen molar-refractivity contribution in [1.29, 1.82) is 0 Å². The molecule has 1 N–H and O–H groups in total. The minimum atomic E-state index is -0.640. The summed E-state index contributed by atoms with van der Waals surface area (Å²) < 4.78 is 5.09. The third-order valence-electron chi connectivity index (χ3n) is 1.22. The molecule has 0 saturated carbocycles. The number of aliphatic hydroxyl groups is 1. The topological polar surface area (TPSA) is 46.5 Å². The zero-order valence-corrected chi connectivity index (χ0v) is 6.96. The Morgan fingerprint density at radius 1 is 1.90 bits per heavy atom. The number of ether oxygens (including phenoxy) is 1. The molecule has 1 rings (SSSR count). The number of esters is 1. The van der Waals surface area contributed by atoms with Crippen LogP contribution in [-0.2, 0) is 9.53 Å².